The Labute approximate surface area is 154 Å². The Balaban J connectivity index is 2.46. The van der Waals surface area contributed by atoms with Crippen LogP contribution in [0.15, 0.2) is 61.2 Å². The van der Waals surface area contributed by atoms with Crippen LogP contribution in [0.5, 0.6) is 0 Å². The zero-order valence-corrected chi connectivity index (χ0v) is 16.0. The van der Waals surface area contributed by atoms with E-state index in [4.69, 9.17) is 0 Å². The van der Waals surface area contributed by atoms with Crippen molar-refractivity contribution in [3.63, 3.8) is 0 Å². The smallest absolute Gasteiger partial charge is 0.174 e. The molecule has 3 aromatic rings. The van der Waals surface area contributed by atoms with E-state index in [2.05, 4.69) is 23.1 Å². The number of hydrogen-bond donors (Lipinski definition) is 0. The van der Waals surface area contributed by atoms with E-state index in [9.17, 15) is 4.79 Å². The maximum atomic E-state index is 13.9. The Bertz CT molecular complexity index is 908. The second kappa shape index (κ2) is 6.52. The first-order valence-corrected chi connectivity index (χ1v) is 8.81. The van der Waals surface area contributed by atoms with Gasteiger partial charge in [0.15, 0.2) is 11.3 Å². The molecule has 1 aromatic heterocycles. The number of aryl methyl sites for hydroxylation is 2. The highest BCUT2D eigenvalue weighted by Crippen LogP contribution is 2.41. The number of aromatic nitrogens is 3. The average molecular weight is 347 g/mol. The first-order chi connectivity index (χ1) is 12.3. The van der Waals surface area contributed by atoms with Gasteiger partial charge in [-0.2, -0.15) is 5.10 Å². The van der Waals surface area contributed by atoms with E-state index in [0.717, 1.165) is 22.3 Å². The van der Waals surface area contributed by atoms with Crippen molar-refractivity contribution in [2.24, 2.45) is 5.41 Å². The van der Waals surface area contributed by atoms with Crippen molar-refractivity contribution >= 4 is 5.78 Å². The summed E-state index contributed by atoms with van der Waals surface area (Å²) in [6.45, 7) is 9.96. The van der Waals surface area contributed by atoms with Gasteiger partial charge in [-0.25, -0.2) is 9.67 Å². The Morgan fingerprint density at radius 3 is 2.23 bits per heavy atom. The molecule has 3 rings (SSSR count). The second-order valence-electron chi connectivity index (χ2n) is 7.81. The molecule has 1 heterocycles. The highest BCUT2D eigenvalue weighted by Gasteiger charge is 2.49. The number of carbonyl (C=O) groups excluding carboxylic acids is 1. The summed E-state index contributed by atoms with van der Waals surface area (Å²) in [5.74, 6) is 0.0775. The number of rotatable bonds is 4. The minimum absolute atomic E-state index is 0.0775. The van der Waals surface area contributed by atoms with Gasteiger partial charge in [0.25, 0.3) is 0 Å². The molecular weight excluding hydrogens is 322 g/mol. The van der Waals surface area contributed by atoms with E-state index >= 15 is 0 Å². The first kappa shape index (κ1) is 18.1. The number of benzene rings is 2. The van der Waals surface area contributed by atoms with Crippen LogP contribution in [-0.4, -0.2) is 20.5 Å². The molecule has 26 heavy (non-hydrogen) atoms. The molecule has 0 amide bonds. The normalized spacial score (nSPS) is 14.0. The summed E-state index contributed by atoms with van der Waals surface area (Å²) >= 11 is 0. The molecule has 0 radical (unpaired) electrons. The lowest BCUT2D eigenvalue weighted by Gasteiger charge is -2.39. The van der Waals surface area contributed by atoms with Crippen LogP contribution in [0.1, 0.15) is 43.0 Å². The van der Waals surface area contributed by atoms with Crippen molar-refractivity contribution in [1.29, 1.82) is 0 Å². The van der Waals surface area contributed by atoms with Crippen molar-refractivity contribution in [3.8, 4) is 0 Å². The zero-order chi connectivity index (χ0) is 18.9. The third kappa shape index (κ3) is 2.85. The third-order valence-electron chi connectivity index (χ3n) is 4.74. The Hall–Kier alpha value is -2.75. The molecule has 0 saturated heterocycles. The number of Topliss-reactive ketones (excluding diaryl/α,β-unsaturated/α-hetero) is 1. The molecule has 0 saturated carbocycles. The van der Waals surface area contributed by atoms with Gasteiger partial charge in [-0.3, -0.25) is 4.79 Å². The highest BCUT2D eigenvalue weighted by atomic mass is 16.1. The summed E-state index contributed by atoms with van der Waals surface area (Å²) in [6, 6.07) is 16.1. The monoisotopic (exact) mass is 347 g/mol. The lowest BCUT2D eigenvalue weighted by Crippen LogP contribution is -2.50. The molecule has 0 N–H and O–H groups in total. The van der Waals surface area contributed by atoms with E-state index < -0.39 is 11.0 Å². The lowest BCUT2D eigenvalue weighted by molar-refractivity contribution is -0.132. The minimum atomic E-state index is -1.06. The molecule has 1 unspecified atom stereocenters. The van der Waals surface area contributed by atoms with Crippen LogP contribution in [0, 0.1) is 19.3 Å². The predicted octanol–water partition coefficient (Wildman–Crippen LogP) is 4.30. The molecule has 4 nitrogen and oxygen atoms in total. The van der Waals surface area contributed by atoms with Gasteiger partial charge in [-0.1, -0.05) is 74.9 Å². The maximum Gasteiger partial charge on any atom is 0.174 e. The molecule has 0 fully saturated rings. The topological polar surface area (TPSA) is 47.8 Å². The SMILES string of the molecule is Cc1ccc(C(C(=O)C(C)(C)C)(c2ccccc2)n2cncn2)c(C)c1. The fraction of sp³-hybridized carbons (Fsp3) is 0.318. The average Bonchev–Trinajstić information content (AvgIpc) is 3.12. The largest absolute Gasteiger partial charge is 0.296 e. The standard InChI is InChI=1S/C22H25N3O/c1-16-11-12-19(17(2)13-16)22(20(26)21(3,4)5,25-15-23-14-24-25)18-9-7-6-8-10-18/h6-15H,1-5H3. The Morgan fingerprint density at radius 1 is 1.00 bits per heavy atom. The minimum Gasteiger partial charge on any atom is -0.296 e. The third-order valence-corrected chi connectivity index (χ3v) is 4.74. The van der Waals surface area contributed by atoms with Gasteiger partial charge >= 0.3 is 0 Å². The van der Waals surface area contributed by atoms with Crippen molar-refractivity contribution in [3.05, 3.63) is 83.4 Å². The van der Waals surface area contributed by atoms with Gasteiger partial charge in [0, 0.05) is 5.41 Å². The Morgan fingerprint density at radius 2 is 1.69 bits per heavy atom. The van der Waals surface area contributed by atoms with Crippen LogP contribution in [0.25, 0.3) is 0 Å². The molecule has 0 bridgehead atoms. The number of ketones is 1. The maximum absolute atomic E-state index is 13.9. The molecule has 0 spiro atoms. The van der Waals surface area contributed by atoms with Gasteiger partial charge < -0.3 is 0 Å². The van der Waals surface area contributed by atoms with Crippen LogP contribution in [0.4, 0.5) is 0 Å². The summed E-state index contributed by atoms with van der Waals surface area (Å²) < 4.78 is 1.70. The molecule has 2 aromatic carbocycles. The Kier molecular flexibility index (Phi) is 4.53. The number of nitrogens with zero attached hydrogens (tertiary/aromatic N) is 3. The summed E-state index contributed by atoms with van der Waals surface area (Å²) in [5, 5.41) is 4.42. The molecular formula is C22H25N3O. The van der Waals surface area contributed by atoms with Gasteiger partial charge in [0.1, 0.15) is 12.7 Å². The molecule has 0 aliphatic carbocycles. The van der Waals surface area contributed by atoms with Crippen molar-refractivity contribution < 1.29 is 4.79 Å². The molecule has 134 valence electrons. The van der Waals surface area contributed by atoms with Gasteiger partial charge in [-0.05, 0) is 30.5 Å². The van der Waals surface area contributed by atoms with E-state index in [1.54, 1.807) is 11.0 Å². The predicted molar refractivity (Wildman–Crippen MR) is 103 cm³/mol. The molecule has 0 aliphatic rings. The molecule has 0 aliphatic heterocycles. The zero-order valence-electron chi connectivity index (χ0n) is 16.0. The van der Waals surface area contributed by atoms with Crippen LogP contribution in [-0.2, 0) is 10.3 Å². The summed E-state index contributed by atoms with van der Waals surface area (Å²) in [5.41, 5.74) is 2.40. The summed E-state index contributed by atoms with van der Waals surface area (Å²) in [6.07, 6.45) is 3.12. The quantitative estimate of drug-likeness (QED) is 0.707. The van der Waals surface area contributed by atoms with Crippen molar-refractivity contribution in [2.75, 3.05) is 0 Å². The van der Waals surface area contributed by atoms with E-state index in [0.29, 0.717) is 0 Å². The fourth-order valence-electron chi connectivity index (χ4n) is 3.59. The van der Waals surface area contributed by atoms with Crippen molar-refractivity contribution in [1.82, 2.24) is 14.8 Å². The van der Waals surface area contributed by atoms with Gasteiger partial charge in [0.2, 0.25) is 0 Å². The van der Waals surface area contributed by atoms with Crippen LogP contribution in [0.3, 0.4) is 0 Å². The van der Waals surface area contributed by atoms with Crippen LogP contribution >= 0.6 is 0 Å². The van der Waals surface area contributed by atoms with E-state index in [1.165, 1.54) is 6.33 Å². The summed E-state index contributed by atoms with van der Waals surface area (Å²) in [4.78, 5) is 18.1. The highest BCUT2D eigenvalue weighted by molar-refractivity contribution is 5.97. The fourth-order valence-corrected chi connectivity index (χ4v) is 3.59. The molecule has 1 atom stereocenters. The number of carbonyl (C=O) groups is 1. The summed E-state index contributed by atoms with van der Waals surface area (Å²) in [7, 11) is 0. The van der Waals surface area contributed by atoms with Crippen molar-refractivity contribution in [2.45, 2.75) is 40.2 Å². The van der Waals surface area contributed by atoms with Crippen LogP contribution < -0.4 is 0 Å². The lowest BCUT2D eigenvalue weighted by atomic mass is 9.69. The van der Waals surface area contributed by atoms with Gasteiger partial charge in [0.05, 0.1) is 0 Å². The van der Waals surface area contributed by atoms with E-state index in [-0.39, 0.29) is 5.78 Å². The first-order valence-electron chi connectivity index (χ1n) is 8.81. The van der Waals surface area contributed by atoms with Crippen LogP contribution in [0.2, 0.25) is 0 Å². The molecule has 4 heteroatoms. The van der Waals surface area contributed by atoms with Gasteiger partial charge in [-0.15, -0.1) is 0 Å². The van der Waals surface area contributed by atoms with E-state index in [1.807, 2.05) is 70.2 Å². The second-order valence-corrected chi connectivity index (χ2v) is 7.81. The number of hydrogen-bond acceptors (Lipinski definition) is 3.